The highest BCUT2D eigenvalue weighted by Crippen LogP contribution is 2.36. The summed E-state index contributed by atoms with van der Waals surface area (Å²) >= 11 is 0. The molecule has 1 fully saturated rings. The molecule has 0 radical (unpaired) electrons. The van der Waals surface area contributed by atoms with Crippen LogP contribution in [0.25, 0.3) is 5.69 Å². The van der Waals surface area contributed by atoms with Gasteiger partial charge < -0.3 is 10.4 Å². The number of hydrogen-bond acceptors (Lipinski definition) is 5. The fraction of sp³-hybridized carbons (Fsp3) is 0.467. The molecule has 0 atom stereocenters. The van der Waals surface area contributed by atoms with Crippen molar-refractivity contribution in [3.05, 3.63) is 36.2 Å². The van der Waals surface area contributed by atoms with Crippen LogP contribution >= 0.6 is 0 Å². The first-order valence-corrected chi connectivity index (χ1v) is 7.45. The molecule has 7 heteroatoms. The largest absolute Gasteiger partial charge is 0.396 e. The van der Waals surface area contributed by atoms with Crippen LogP contribution in [0.3, 0.4) is 0 Å². The standard InChI is InChI=1S/C15H19N5O2/c21-10-15(7-1-2-8-15)9-16-14(22)12-3-5-13(6-4-12)20-11-17-18-19-20/h3-6,11,21H,1-2,7-10H2,(H,16,22). The lowest BCUT2D eigenvalue weighted by Gasteiger charge is -2.26. The average molecular weight is 301 g/mol. The summed E-state index contributed by atoms with van der Waals surface area (Å²) in [4.78, 5) is 12.2. The molecule has 1 aliphatic rings. The van der Waals surface area contributed by atoms with E-state index in [0.29, 0.717) is 12.1 Å². The van der Waals surface area contributed by atoms with E-state index < -0.39 is 0 Å². The van der Waals surface area contributed by atoms with Crippen molar-refractivity contribution in [1.82, 2.24) is 25.5 Å². The van der Waals surface area contributed by atoms with E-state index in [1.54, 1.807) is 24.3 Å². The van der Waals surface area contributed by atoms with E-state index in [1.165, 1.54) is 11.0 Å². The van der Waals surface area contributed by atoms with Crippen LogP contribution in [0.1, 0.15) is 36.0 Å². The van der Waals surface area contributed by atoms with E-state index >= 15 is 0 Å². The van der Waals surface area contributed by atoms with Crippen molar-refractivity contribution in [2.75, 3.05) is 13.2 Å². The van der Waals surface area contributed by atoms with Crippen LogP contribution in [-0.2, 0) is 0 Å². The topological polar surface area (TPSA) is 92.9 Å². The molecule has 3 rings (SSSR count). The van der Waals surface area contributed by atoms with E-state index in [4.69, 9.17) is 0 Å². The molecule has 116 valence electrons. The number of amides is 1. The van der Waals surface area contributed by atoms with Gasteiger partial charge in [-0.3, -0.25) is 4.79 Å². The van der Waals surface area contributed by atoms with Gasteiger partial charge in [-0.2, -0.15) is 0 Å². The van der Waals surface area contributed by atoms with Crippen LogP contribution < -0.4 is 5.32 Å². The number of aromatic nitrogens is 4. The third-order valence-electron chi connectivity index (χ3n) is 4.37. The lowest BCUT2D eigenvalue weighted by atomic mass is 9.87. The summed E-state index contributed by atoms with van der Waals surface area (Å²) in [6, 6.07) is 7.07. The predicted octanol–water partition coefficient (Wildman–Crippen LogP) is 0.945. The van der Waals surface area contributed by atoms with Crippen LogP contribution in [0.2, 0.25) is 0 Å². The van der Waals surface area contributed by atoms with Gasteiger partial charge in [0.15, 0.2) is 0 Å². The first-order valence-electron chi connectivity index (χ1n) is 7.45. The van der Waals surface area contributed by atoms with Crippen molar-refractivity contribution in [1.29, 1.82) is 0 Å². The Morgan fingerprint density at radius 2 is 2.00 bits per heavy atom. The van der Waals surface area contributed by atoms with Crippen molar-refractivity contribution in [3.63, 3.8) is 0 Å². The molecule has 1 heterocycles. The van der Waals surface area contributed by atoms with E-state index in [0.717, 1.165) is 31.4 Å². The Hall–Kier alpha value is -2.28. The number of nitrogens with zero attached hydrogens (tertiary/aromatic N) is 4. The summed E-state index contributed by atoms with van der Waals surface area (Å²) in [6.07, 6.45) is 5.69. The second-order valence-electron chi connectivity index (χ2n) is 5.85. The number of aliphatic hydroxyl groups excluding tert-OH is 1. The Kier molecular flexibility index (Phi) is 4.15. The zero-order chi connectivity index (χ0) is 15.4. The molecule has 0 bridgehead atoms. The van der Waals surface area contributed by atoms with Crippen molar-refractivity contribution in [2.45, 2.75) is 25.7 Å². The van der Waals surface area contributed by atoms with E-state index in [2.05, 4.69) is 20.8 Å². The fourth-order valence-electron chi connectivity index (χ4n) is 2.93. The third-order valence-corrected chi connectivity index (χ3v) is 4.37. The van der Waals surface area contributed by atoms with E-state index in [-0.39, 0.29) is 17.9 Å². The molecule has 7 nitrogen and oxygen atoms in total. The Bertz CT molecular complexity index is 618. The molecule has 1 amide bonds. The summed E-state index contributed by atoms with van der Waals surface area (Å²) in [5.74, 6) is -0.122. The Balaban J connectivity index is 1.63. The Morgan fingerprint density at radius 1 is 1.27 bits per heavy atom. The van der Waals surface area contributed by atoms with Crippen LogP contribution in [0.15, 0.2) is 30.6 Å². The van der Waals surface area contributed by atoms with Crippen LogP contribution in [-0.4, -0.2) is 44.4 Å². The van der Waals surface area contributed by atoms with E-state index in [1.807, 2.05) is 0 Å². The number of carbonyl (C=O) groups is 1. The van der Waals surface area contributed by atoms with Gasteiger partial charge in [0.1, 0.15) is 6.33 Å². The van der Waals surface area contributed by atoms with Gasteiger partial charge in [-0.05, 0) is 47.5 Å². The molecule has 2 aromatic rings. The number of aliphatic hydroxyl groups is 1. The average Bonchev–Trinajstić information content (AvgIpc) is 3.25. The van der Waals surface area contributed by atoms with Gasteiger partial charge in [-0.25, -0.2) is 4.68 Å². The second-order valence-corrected chi connectivity index (χ2v) is 5.85. The Morgan fingerprint density at radius 3 is 2.59 bits per heavy atom. The first-order chi connectivity index (χ1) is 10.7. The summed E-state index contributed by atoms with van der Waals surface area (Å²) in [5, 5.41) is 23.5. The molecule has 22 heavy (non-hydrogen) atoms. The van der Waals surface area contributed by atoms with Crippen LogP contribution in [0, 0.1) is 5.41 Å². The van der Waals surface area contributed by atoms with Gasteiger partial charge in [0.2, 0.25) is 0 Å². The van der Waals surface area contributed by atoms with Crippen molar-refractivity contribution >= 4 is 5.91 Å². The maximum Gasteiger partial charge on any atom is 0.251 e. The van der Waals surface area contributed by atoms with Gasteiger partial charge in [-0.15, -0.1) is 5.10 Å². The highest BCUT2D eigenvalue weighted by molar-refractivity contribution is 5.94. The molecule has 1 saturated carbocycles. The fourth-order valence-corrected chi connectivity index (χ4v) is 2.93. The summed E-state index contributed by atoms with van der Waals surface area (Å²) in [5.41, 5.74) is 1.24. The SMILES string of the molecule is O=C(NCC1(CO)CCCC1)c1ccc(-n2cnnn2)cc1. The quantitative estimate of drug-likeness (QED) is 0.857. The Labute approximate surface area is 128 Å². The number of nitrogens with one attached hydrogen (secondary N) is 1. The zero-order valence-corrected chi connectivity index (χ0v) is 12.3. The number of tetrazole rings is 1. The van der Waals surface area contributed by atoms with Crippen LogP contribution in [0.5, 0.6) is 0 Å². The minimum Gasteiger partial charge on any atom is -0.396 e. The maximum atomic E-state index is 12.2. The van der Waals surface area contributed by atoms with Crippen molar-refractivity contribution in [3.8, 4) is 5.69 Å². The van der Waals surface area contributed by atoms with Gasteiger partial charge in [0.25, 0.3) is 5.91 Å². The molecular weight excluding hydrogens is 282 g/mol. The lowest BCUT2D eigenvalue weighted by molar-refractivity contribution is 0.0880. The number of hydrogen-bond donors (Lipinski definition) is 2. The van der Waals surface area contributed by atoms with Crippen molar-refractivity contribution in [2.24, 2.45) is 5.41 Å². The van der Waals surface area contributed by atoms with Gasteiger partial charge in [0.05, 0.1) is 12.3 Å². The molecule has 0 unspecified atom stereocenters. The zero-order valence-electron chi connectivity index (χ0n) is 12.3. The monoisotopic (exact) mass is 301 g/mol. The third kappa shape index (κ3) is 2.99. The first kappa shape index (κ1) is 14.6. The minimum atomic E-state index is -0.137. The van der Waals surface area contributed by atoms with Gasteiger partial charge >= 0.3 is 0 Å². The molecule has 1 aliphatic carbocycles. The van der Waals surface area contributed by atoms with Gasteiger partial charge in [0, 0.05) is 17.5 Å². The summed E-state index contributed by atoms with van der Waals surface area (Å²) in [7, 11) is 0. The van der Waals surface area contributed by atoms with E-state index in [9.17, 15) is 9.90 Å². The molecule has 2 N–H and O–H groups in total. The minimum absolute atomic E-state index is 0.122. The normalized spacial score (nSPS) is 16.6. The molecule has 0 spiro atoms. The number of rotatable bonds is 5. The summed E-state index contributed by atoms with van der Waals surface area (Å²) < 4.78 is 1.53. The number of benzene rings is 1. The molecule has 0 aliphatic heterocycles. The molecular formula is C15H19N5O2. The maximum absolute atomic E-state index is 12.2. The molecule has 1 aromatic carbocycles. The second kappa shape index (κ2) is 6.23. The lowest BCUT2D eigenvalue weighted by Crippen LogP contribution is -2.38. The highest BCUT2D eigenvalue weighted by atomic mass is 16.3. The summed E-state index contributed by atoms with van der Waals surface area (Å²) in [6.45, 7) is 0.655. The van der Waals surface area contributed by atoms with Gasteiger partial charge in [-0.1, -0.05) is 12.8 Å². The molecule has 0 saturated heterocycles. The highest BCUT2D eigenvalue weighted by Gasteiger charge is 2.33. The number of carbonyl (C=O) groups excluding carboxylic acids is 1. The smallest absolute Gasteiger partial charge is 0.251 e. The molecule has 1 aromatic heterocycles. The van der Waals surface area contributed by atoms with Crippen molar-refractivity contribution < 1.29 is 9.90 Å². The predicted molar refractivity (Wildman–Crippen MR) is 79.5 cm³/mol. The van der Waals surface area contributed by atoms with Crippen LogP contribution in [0.4, 0.5) is 0 Å².